The molecule has 0 saturated heterocycles. The normalized spacial score (nSPS) is 15.7. The van der Waals surface area contributed by atoms with E-state index in [2.05, 4.69) is 10.2 Å². The Bertz CT molecular complexity index is 333. The second-order valence-electron chi connectivity index (χ2n) is 4.39. The van der Waals surface area contributed by atoms with Crippen molar-refractivity contribution in [1.82, 2.24) is 14.8 Å². The van der Waals surface area contributed by atoms with Crippen molar-refractivity contribution in [2.45, 2.75) is 38.5 Å². The molecule has 0 saturated carbocycles. The van der Waals surface area contributed by atoms with E-state index in [-0.39, 0.29) is 5.92 Å². The minimum Gasteiger partial charge on any atom is -0.389 e. The van der Waals surface area contributed by atoms with Gasteiger partial charge in [0.05, 0.1) is 5.60 Å². The lowest BCUT2D eigenvalue weighted by atomic mass is 9.95. The molecule has 0 aliphatic carbocycles. The first-order chi connectivity index (χ1) is 6.84. The predicted molar refractivity (Wildman–Crippen MR) is 61.9 cm³/mol. The molecule has 5 heteroatoms. The summed E-state index contributed by atoms with van der Waals surface area (Å²) in [5, 5.41) is 18.9. The van der Waals surface area contributed by atoms with Gasteiger partial charge in [-0.2, -0.15) is 0 Å². The van der Waals surface area contributed by atoms with Crippen molar-refractivity contribution in [2.24, 2.45) is 13.0 Å². The Hall–Kier alpha value is -0.550. The number of hydrogen-bond acceptors (Lipinski definition) is 4. The molecule has 0 aliphatic rings. The molecular weight excluding hydrogens is 210 g/mol. The van der Waals surface area contributed by atoms with Gasteiger partial charge in [0.1, 0.15) is 5.82 Å². The van der Waals surface area contributed by atoms with E-state index >= 15 is 0 Å². The van der Waals surface area contributed by atoms with Gasteiger partial charge >= 0.3 is 0 Å². The number of aromatic nitrogens is 3. The Morgan fingerprint density at radius 2 is 2.07 bits per heavy atom. The lowest BCUT2D eigenvalue weighted by Crippen LogP contribution is -2.33. The Morgan fingerprint density at radius 3 is 2.47 bits per heavy atom. The van der Waals surface area contributed by atoms with Crippen LogP contribution in [0.4, 0.5) is 0 Å². The summed E-state index contributed by atoms with van der Waals surface area (Å²) in [4.78, 5) is 0. The maximum atomic E-state index is 10.1. The van der Waals surface area contributed by atoms with Gasteiger partial charge in [-0.15, -0.1) is 10.2 Å². The zero-order valence-electron chi connectivity index (χ0n) is 9.98. The number of aryl methyl sites for hydroxylation is 1. The summed E-state index contributed by atoms with van der Waals surface area (Å²) in [7, 11) is 1.93. The zero-order valence-corrected chi connectivity index (χ0v) is 10.8. The van der Waals surface area contributed by atoms with Crippen molar-refractivity contribution in [3.05, 3.63) is 5.82 Å². The predicted octanol–water partition coefficient (Wildman–Crippen LogP) is 1.62. The van der Waals surface area contributed by atoms with Crippen LogP contribution in [0.25, 0.3) is 0 Å². The van der Waals surface area contributed by atoms with Crippen LogP contribution in [-0.2, 0) is 7.05 Å². The van der Waals surface area contributed by atoms with Crippen LogP contribution in [0.3, 0.4) is 0 Å². The molecule has 0 fully saturated rings. The van der Waals surface area contributed by atoms with Crippen LogP contribution in [-0.4, -0.2) is 31.2 Å². The minimum absolute atomic E-state index is 0.235. The van der Waals surface area contributed by atoms with Gasteiger partial charge in [-0.3, -0.25) is 0 Å². The summed E-state index contributed by atoms with van der Waals surface area (Å²) in [6.07, 6.45) is 0. The van der Waals surface area contributed by atoms with Crippen LogP contribution in [0.2, 0.25) is 0 Å². The highest BCUT2D eigenvalue weighted by molar-refractivity contribution is 7.99. The first kappa shape index (κ1) is 12.5. The van der Waals surface area contributed by atoms with E-state index in [4.69, 9.17) is 0 Å². The summed E-state index contributed by atoms with van der Waals surface area (Å²) >= 11 is 1.54. The van der Waals surface area contributed by atoms with E-state index in [1.807, 2.05) is 39.3 Å². The van der Waals surface area contributed by atoms with Crippen molar-refractivity contribution in [3.8, 4) is 0 Å². The average Bonchev–Trinajstić information content (AvgIpc) is 2.45. The molecule has 0 aromatic carbocycles. The highest BCUT2D eigenvalue weighted by atomic mass is 32.2. The van der Waals surface area contributed by atoms with Gasteiger partial charge in [0, 0.05) is 12.8 Å². The van der Waals surface area contributed by atoms with Crippen LogP contribution in [0, 0.1) is 12.8 Å². The fourth-order valence-corrected chi connectivity index (χ4v) is 2.07. The largest absolute Gasteiger partial charge is 0.389 e. The molecule has 0 spiro atoms. The molecule has 0 amide bonds. The van der Waals surface area contributed by atoms with Gasteiger partial charge in [0.15, 0.2) is 5.16 Å². The van der Waals surface area contributed by atoms with Crippen LogP contribution in [0.15, 0.2) is 5.16 Å². The van der Waals surface area contributed by atoms with Gasteiger partial charge < -0.3 is 9.67 Å². The maximum Gasteiger partial charge on any atom is 0.191 e. The molecule has 1 N–H and O–H groups in total. The highest BCUT2D eigenvalue weighted by Gasteiger charge is 2.25. The monoisotopic (exact) mass is 229 g/mol. The summed E-state index contributed by atoms with van der Waals surface area (Å²) in [5.74, 6) is 1.76. The summed E-state index contributed by atoms with van der Waals surface area (Å²) in [6, 6.07) is 0. The fraction of sp³-hybridized carbons (Fsp3) is 0.800. The third-order valence-corrected chi connectivity index (χ3v) is 4.13. The average molecular weight is 229 g/mol. The molecule has 1 unspecified atom stereocenters. The summed E-state index contributed by atoms with van der Waals surface area (Å²) in [5.41, 5.74) is -0.662. The third kappa shape index (κ3) is 2.95. The fourth-order valence-electron chi connectivity index (χ4n) is 0.891. The number of rotatable bonds is 4. The van der Waals surface area contributed by atoms with Gasteiger partial charge in [-0.05, 0) is 19.8 Å². The van der Waals surface area contributed by atoms with E-state index in [0.717, 1.165) is 11.0 Å². The first-order valence-corrected chi connectivity index (χ1v) is 6.04. The summed E-state index contributed by atoms with van der Waals surface area (Å²) in [6.45, 7) is 7.80. The molecule has 0 aliphatic heterocycles. The molecule has 86 valence electrons. The van der Waals surface area contributed by atoms with E-state index in [9.17, 15) is 5.11 Å². The van der Waals surface area contributed by atoms with E-state index in [0.29, 0.717) is 5.75 Å². The first-order valence-electron chi connectivity index (χ1n) is 5.05. The Balaban J connectivity index is 2.61. The van der Waals surface area contributed by atoms with E-state index < -0.39 is 5.60 Å². The van der Waals surface area contributed by atoms with Gasteiger partial charge in [-0.1, -0.05) is 25.6 Å². The molecule has 0 radical (unpaired) electrons. The Kier molecular flexibility index (Phi) is 3.78. The standard InChI is InChI=1S/C10H19N3OS/c1-7(2)10(4,14)6-15-9-12-11-8(3)13(9)5/h7,14H,6H2,1-5H3. The number of nitrogens with zero attached hydrogens (tertiary/aromatic N) is 3. The Labute approximate surface area is 95.1 Å². The van der Waals surface area contributed by atoms with Crippen LogP contribution in [0.5, 0.6) is 0 Å². The topological polar surface area (TPSA) is 50.9 Å². The van der Waals surface area contributed by atoms with E-state index in [1.165, 1.54) is 0 Å². The van der Waals surface area contributed by atoms with Crippen molar-refractivity contribution < 1.29 is 5.11 Å². The second kappa shape index (κ2) is 4.53. The minimum atomic E-state index is -0.662. The van der Waals surface area contributed by atoms with Crippen molar-refractivity contribution in [1.29, 1.82) is 0 Å². The van der Waals surface area contributed by atoms with Gasteiger partial charge in [0.25, 0.3) is 0 Å². The molecule has 1 rings (SSSR count). The summed E-state index contributed by atoms with van der Waals surface area (Å²) < 4.78 is 1.93. The van der Waals surface area contributed by atoms with Crippen LogP contribution < -0.4 is 0 Å². The number of aliphatic hydroxyl groups is 1. The molecule has 1 atom stereocenters. The van der Waals surface area contributed by atoms with Crippen molar-refractivity contribution >= 4 is 11.8 Å². The highest BCUT2D eigenvalue weighted by Crippen LogP contribution is 2.25. The van der Waals surface area contributed by atoms with Crippen molar-refractivity contribution in [2.75, 3.05) is 5.75 Å². The van der Waals surface area contributed by atoms with Crippen LogP contribution >= 0.6 is 11.8 Å². The molecule has 1 aromatic rings. The Morgan fingerprint density at radius 1 is 1.47 bits per heavy atom. The number of thioether (sulfide) groups is 1. The molecule has 1 heterocycles. The molecule has 4 nitrogen and oxygen atoms in total. The van der Waals surface area contributed by atoms with Crippen LogP contribution in [0.1, 0.15) is 26.6 Å². The maximum absolute atomic E-state index is 10.1. The van der Waals surface area contributed by atoms with Gasteiger partial charge in [0.2, 0.25) is 0 Å². The lowest BCUT2D eigenvalue weighted by molar-refractivity contribution is 0.0376. The SMILES string of the molecule is Cc1nnc(SCC(C)(O)C(C)C)n1C. The van der Waals surface area contributed by atoms with Crippen molar-refractivity contribution in [3.63, 3.8) is 0 Å². The zero-order chi connectivity index (χ0) is 11.6. The van der Waals surface area contributed by atoms with E-state index in [1.54, 1.807) is 11.8 Å². The molecule has 1 aromatic heterocycles. The number of hydrogen-bond donors (Lipinski definition) is 1. The second-order valence-corrected chi connectivity index (χ2v) is 5.33. The van der Waals surface area contributed by atoms with Gasteiger partial charge in [-0.25, -0.2) is 0 Å². The molecule has 15 heavy (non-hydrogen) atoms. The quantitative estimate of drug-likeness (QED) is 0.797. The molecule has 0 bridgehead atoms. The smallest absolute Gasteiger partial charge is 0.191 e. The third-order valence-electron chi connectivity index (χ3n) is 2.79. The molecular formula is C10H19N3OS. The lowest BCUT2D eigenvalue weighted by Gasteiger charge is -2.26.